The number of aliphatic hydroxyl groups excluding tert-OH is 1. The van der Waals surface area contributed by atoms with E-state index in [9.17, 15) is 9.90 Å². The van der Waals surface area contributed by atoms with Crippen molar-refractivity contribution >= 4 is 22.6 Å². The van der Waals surface area contributed by atoms with E-state index in [2.05, 4.69) is 121 Å². The molecule has 0 aliphatic carbocycles. The molecule has 0 saturated carbocycles. The lowest BCUT2D eigenvalue weighted by atomic mass is 9.90. The molecule has 0 amide bonds. The first-order valence-corrected chi connectivity index (χ1v) is 22.8. The number of esters is 1. The average molecular weight is 639 g/mol. The summed E-state index contributed by atoms with van der Waals surface area (Å²) in [4.78, 5) is 12.7. The quantitative estimate of drug-likeness (QED) is 0.139. The number of rotatable bonds is 11. The molecular formula is C36H70O5Si2. The van der Waals surface area contributed by atoms with Crippen LogP contribution in [0, 0.1) is 17.8 Å². The van der Waals surface area contributed by atoms with E-state index in [4.69, 9.17) is 13.6 Å². The van der Waals surface area contributed by atoms with E-state index in [1.807, 2.05) is 0 Å². The number of aliphatic hydroxyl groups is 1. The van der Waals surface area contributed by atoms with Gasteiger partial charge in [-0.15, -0.1) is 0 Å². The number of ether oxygens (including phenoxy) is 1. The van der Waals surface area contributed by atoms with Crippen LogP contribution in [0.25, 0.3) is 0 Å². The molecule has 1 N–H and O–H groups in total. The van der Waals surface area contributed by atoms with Crippen molar-refractivity contribution in [1.82, 2.24) is 0 Å². The molecule has 0 unspecified atom stereocenters. The molecule has 1 aliphatic heterocycles. The molecule has 1 rings (SSSR count). The third-order valence-electron chi connectivity index (χ3n) is 10.4. The third kappa shape index (κ3) is 13.7. The number of allylic oxidation sites excluding steroid dienone is 2. The molecule has 0 bridgehead atoms. The lowest BCUT2D eigenvalue weighted by molar-refractivity contribution is -0.151. The summed E-state index contributed by atoms with van der Waals surface area (Å²) in [6, 6.07) is 0. The third-order valence-corrected chi connectivity index (χ3v) is 19.5. The van der Waals surface area contributed by atoms with Crippen molar-refractivity contribution in [2.45, 2.75) is 182 Å². The summed E-state index contributed by atoms with van der Waals surface area (Å²) in [5.41, 5.74) is 1.31. The highest BCUT2D eigenvalue weighted by atomic mass is 28.4. The summed E-state index contributed by atoms with van der Waals surface area (Å²) < 4.78 is 19.9. The number of hydrogen-bond acceptors (Lipinski definition) is 5. The summed E-state index contributed by atoms with van der Waals surface area (Å²) in [7, 11) is -3.89. The molecule has 43 heavy (non-hydrogen) atoms. The fourth-order valence-corrected chi connectivity index (χ4v) is 8.18. The Hall–Kier alpha value is -0.736. The molecule has 0 spiro atoms. The van der Waals surface area contributed by atoms with Crippen LogP contribution in [0.4, 0.5) is 0 Å². The topological polar surface area (TPSA) is 65.0 Å². The minimum atomic E-state index is -2.00. The van der Waals surface area contributed by atoms with Crippen molar-refractivity contribution in [2.24, 2.45) is 17.8 Å². The molecule has 252 valence electrons. The van der Waals surface area contributed by atoms with Gasteiger partial charge in [0.2, 0.25) is 0 Å². The van der Waals surface area contributed by atoms with Crippen molar-refractivity contribution < 1.29 is 23.5 Å². The van der Waals surface area contributed by atoms with Gasteiger partial charge in [-0.1, -0.05) is 86.1 Å². The zero-order chi connectivity index (χ0) is 33.4. The lowest BCUT2D eigenvalue weighted by Gasteiger charge is -2.43. The monoisotopic (exact) mass is 638 g/mol. The SMILES string of the molecule is C/C(=C\[C@@H](C)[C@@H](C[C@@H](C)O[Si](C)(C)C(C)(C)C)O[Si](C)(C)C(C)(C)C)C[C@H](C)[C@H]1C/C=C/C[C@H](C)[C@@H](O)CCCC(=O)O1. The van der Waals surface area contributed by atoms with E-state index < -0.39 is 16.6 Å². The first-order valence-electron chi connectivity index (χ1n) is 17.0. The molecular weight excluding hydrogens is 569 g/mol. The van der Waals surface area contributed by atoms with E-state index in [0.29, 0.717) is 25.7 Å². The molecule has 0 aromatic carbocycles. The van der Waals surface area contributed by atoms with Crippen LogP contribution in [0.1, 0.15) is 121 Å². The summed E-state index contributed by atoms with van der Waals surface area (Å²) in [5, 5.41) is 10.6. The van der Waals surface area contributed by atoms with Crippen LogP contribution in [0.15, 0.2) is 23.8 Å². The smallest absolute Gasteiger partial charge is 0.306 e. The summed E-state index contributed by atoms with van der Waals surface area (Å²) in [6.07, 6.45) is 11.3. The van der Waals surface area contributed by atoms with Gasteiger partial charge in [0.05, 0.1) is 12.2 Å². The highest BCUT2D eigenvalue weighted by Gasteiger charge is 2.42. The van der Waals surface area contributed by atoms with Gasteiger partial charge in [-0.3, -0.25) is 4.79 Å². The molecule has 0 aromatic heterocycles. The van der Waals surface area contributed by atoms with Crippen molar-refractivity contribution in [3.05, 3.63) is 23.8 Å². The van der Waals surface area contributed by atoms with Gasteiger partial charge in [0.25, 0.3) is 0 Å². The second-order valence-electron chi connectivity index (χ2n) is 16.8. The van der Waals surface area contributed by atoms with Crippen molar-refractivity contribution in [3.8, 4) is 0 Å². The van der Waals surface area contributed by atoms with E-state index in [-0.39, 0.29) is 58.2 Å². The molecule has 7 atom stereocenters. The Morgan fingerprint density at radius 2 is 1.53 bits per heavy atom. The van der Waals surface area contributed by atoms with Crippen molar-refractivity contribution in [2.75, 3.05) is 0 Å². The molecule has 5 nitrogen and oxygen atoms in total. The second kappa shape index (κ2) is 16.7. The van der Waals surface area contributed by atoms with Gasteiger partial charge in [-0.25, -0.2) is 0 Å². The van der Waals surface area contributed by atoms with Crippen LogP contribution in [0.2, 0.25) is 36.3 Å². The van der Waals surface area contributed by atoms with Gasteiger partial charge in [0.1, 0.15) is 6.10 Å². The Kier molecular flexibility index (Phi) is 15.7. The Balaban J connectivity index is 3.12. The van der Waals surface area contributed by atoms with Crippen LogP contribution in [-0.4, -0.2) is 52.1 Å². The zero-order valence-electron chi connectivity index (χ0n) is 30.8. The van der Waals surface area contributed by atoms with Crippen molar-refractivity contribution in [1.29, 1.82) is 0 Å². The van der Waals surface area contributed by atoms with Crippen LogP contribution in [0.3, 0.4) is 0 Å². The zero-order valence-corrected chi connectivity index (χ0v) is 32.8. The van der Waals surface area contributed by atoms with Gasteiger partial charge in [0, 0.05) is 18.9 Å². The summed E-state index contributed by atoms with van der Waals surface area (Å²) in [6.45, 7) is 34.2. The number of carbonyl (C=O) groups is 1. The predicted molar refractivity (Wildman–Crippen MR) is 188 cm³/mol. The molecule has 0 radical (unpaired) electrons. The van der Waals surface area contributed by atoms with Crippen LogP contribution in [-0.2, 0) is 18.4 Å². The maximum atomic E-state index is 12.7. The number of hydrogen-bond donors (Lipinski definition) is 1. The largest absolute Gasteiger partial charge is 0.462 e. The van der Waals surface area contributed by atoms with Gasteiger partial charge < -0.3 is 18.7 Å². The lowest BCUT2D eigenvalue weighted by Crippen LogP contribution is -2.48. The van der Waals surface area contributed by atoms with E-state index in [1.165, 1.54) is 5.57 Å². The van der Waals surface area contributed by atoms with E-state index in [0.717, 1.165) is 19.3 Å². The fourth-order valence-electron chi connectivity index (χ4n) is 5.31. The molecule has 1 aliphatic rings. The Morgan fingerprint density at radius 1 is 1.00 bits per heavy atom. The van der Waals surface area contributed by atoms with Crippen molar-refractivity contribution in [3.63, 3.8) is 0 Å². The van der Waals surface area contributed by atoms with Crippen LogP contribution >= 0.6 is 0 Å². The van der Waals surface area contributed by atoms with Gasteiger partial charge in [-0.2, -0.15) is 0 Å². The Morgan fingerprint density at radius 3 is 2.09 bits per heavy atom. The fraction of sp³-hybridized carbons (Fsp3) is 0.861. The van der Waals surface area contributed by atoms with E-state index in [1.54, 1.807) is 0 Å². The van der Waals surface area contributed by atoms with Crippen LogP contribution < -0.4 is 0 Å². The Labute approximate surface area is 268 Å². The second-order valence-corrected chi connectivity index (χ2v) is 26.3. The van der Waals surface area contributed by atoms with Gasteiger partial charge in [-0.05, 0) is 100.0 Å². The maximum Gasteiger partial charge on any atom is 0.306 e. The molecule has 1 heterocycles. The molecule has 0 saturated heterocycles. The average Bonchev–Trinajstić information content (AvgIpc) is 2.82. The normalized spacial score (nSPS) is 26.0. The minimum Gasteiger partial charge on any atom is -0.462 e. The number of carbonyl (C=O) groups excluding carboxylic acids is 1. The van der Waals surface area contributed by atoms with Gasteiger partial charge in [0.15, 0.2) is 16.6 Å². The highest BCUT2D eigenvalue weighted by Crippen LogP contribution is 2.41. The predicted octanol–water partition coefficient (Wildman–Crippen LogP) is 10.2. The first kappa shape index (κ1) is 40.3. The summed E-state index contributed by atoms with van der Waals surface area (Å²) >= 11 is 0. The van der Waals surface area contributed by atoms with E-state index >= 15 is 0 Å². The summed E-state index contributed by atoms with van der Waals surface area (Å²) in [5.74, 6) is 0.479. The number of cyclic esters (lactones) is 1. The minimum absolute atomic E-state index is 0.0744. The van der Waals surface area contributed by atoms with Crippen LogP contribution in [0.5, 0.6) is 0 Å². The highest BCUT2D eigenvalue weighted by molar-refractivity contribution is 6.74. The standard InChI is InChI=1S/C36H70O5Si2/c1-26(23-28(3)32-21-17-16-19-27(2)31(37)20-18-22-34(38)39-32)24-29(4)33(41-43(14,15)36(9,10)11)25-30(5)40-42(12,13)35(6,7)8/h16-17,24,27-33,37H,18-23,25H2,1-15H3/b17-16+,26-24+/t27-,28-,29+,30+,31-,32+,33+/m0/s1. The molecule has 7 heteroatoms. The first-order chi connectivity index (χ1) is 19.5. The Bertz CT molecular complexity index is 912. The van der Waals surface area contributed by atoms with Gasteiger partial charge >= 0.3 is 5.97 Å². The molecule has 0 aromatic rings. The maximum absolute atomic E-state index is 12.7. The molecule has 0 fully saturated rings.